The summed E-state index contributed by atoms with van der Waals surface area (Å²) in [4.78, 5) is 0. The van der Waals surface area contributed by atoms with Crippen LogP contribution in [0.25, 0.3) is 11.3 Å². The van der Waals surface area contributed by atoms with E-state index in [1.807, 2.05) is 38.5 Å². The van der Waals surface area contributed by atoms with E-state index < -0.39 is 19.1 Å². The summed E-state index contributed by atoms with van der Waals surface area (Å²) in [5, 5.41) is 0. The quantitative estimate of drug-likeness (QED) is 0.746. The molecule has 1 aliphatic carbocycles. The van der Waals surface area contributed by atoms with E-state index in [1.54, 1.807) is 24.4 Å². The van der Waals surface area contributed by atoms with Crippen molar-refractivity contribution in [1.82, 2.24) is 0 Å². The van der Waals surface area contributed by atoms with Crippen molar-refractivity contribution in [2.24, 2.45) is 13.0 Å². The zero-order valence-electron chi connectivity index (χ0n) is 19.1. The number of nitrogens with zero attached hydrogens (tertiary/aromatic N) is 1. The predicted molar refractivity (Wildman–Crippen MR) is 88.4 cm³/mol. The van der Waals surface area contributed by atoms with Crippen LogP contribution in [0.4, 0.5) is 0 Å². The number of pyridine rings is 1. The normalized spacial score (nSPS) is 23.5. The molecule has 0 atom stereocenters. The van der Waals surface area contributed by atoms with E-state index in [0.29, 0.717) is 16.7 Å². The van der Waals surface area contributed by atoms with Crippen molar-refractivity contribution in [2.45, 2.75) is 46.3 Å². The van der Waals surface area contributed by atoms with Gasteiger partial charge in [-0.05, 0) is 67.2 Å². The molecule has 1 heterocycles. The maximum atomic E-state index is 8.29. The van der Waals surface area contributed by atoms with Gasteiger partial charge in [-0.1, -0.05) is 19.9 Å². The van der Waals surface area contributed by atoms with Crippen molar-refractivity contribution >= 4 is 0 Å². The first kappa shape index (κ1) is 8.73. The molecule has 0 amide bonds. The Balaban J connectivity index is 2.14. The molecular weight excluding hydrogens is 254 g/mol. The minimum atomic E-state index is -1.70. The zero-order valence-corrected chi connectivity index (χ0v) is 13.1. The van der Waals surface area contributed by atoms with Crippen molar-refractivity contribution < 1.29 is 12.8 Å². The van der Waals surface area contributed by atoms with Crippen molar-refractivity contribution in [3.63, 3.8) is 0 Å². The van der Waals surface area contributed by atoms with E-state index in [1.165, 1.54) is 0 Å². The first-order chi connectivity index (χ1) is 12.3. The zero-order chi connectivity index (χ0) is 20.4. The average molecular weight is 286 g/mol. The van der Waals surface area contributed by atoms with Gasteiger partial charge in [0.15, 0.2) is 6.20 Å². The summed E-state index contributed by atoms with van der Waals surface area (Å²) in [6, 6.07) is 7.18. The summed E-state index contributed by atoms with van der Waals surface area (Å²) in [7, 11) is 1.86. The second-order valence-corrected chi connectivity index (χ2v) is 5.96. The Kier molecular flexibility index (Phi) is 2.34. The van der Waals surface area contributed by atoms with Gasteiger partial charge in [-0.2, -0.15) is 0 Å². The van der Waals surface area contributed by atoms with E-state index in [9.17, 15) is 0 Å². The number of hydrogen-bond acceptors (Lipinski definition) is 0. The first-order valence-electron chi connectivity index (χ1n) is 10.4. The van der Waals surface area contributed by atoms with Gasteiger partial charge in [0.25, 0.3) is 0 Å². The molecule has 3 rings (SSSR count). The number of benzene rings is 1. The molecule has 0 saturated heterocycles. The second-order valence-electron chi connectivity index (χ2n) is 5.96. The highest BCUT2D eigenvalue weighted by Gasteiger charge is 2.18. The van der Waals surface area contributed by atoms with Gasteiger partial charge < -0.3 is 0 Å². The fraction of sp³-hybridized carbons (Fsp3) is 0.450. The molecule has 0 radical (unpaired) electrons. The van der Waals surface area contributed by atoms with Crippen molar-refractivity contribution in [3.05, 3.63) is 52.7 Å². The third-order valence-electron chi connectivity index (χ3n) is 3.79. The molecule has 0 bridgehead atoms. The molecule has 0 unspecified atom stereocenters. The van der Waals surface area contributed by atoms with Gasteiger partial charge in [0.1, 0.15) is 7.05 Å². The van der Waals surface area contributed by atoms with Gasteiger partial charge >= 0.3 is 0 Å². The Morgan fingerprint density at radius 1 is 1.24 bits per heavy atom. The third kappa shape index (κ3) is 2.88. The summed E-state index contributed by atoms with van der Waals surface area (Å²) in [5.41, 5.74) is 4.02. The molecule has 2 aromatic rings. The van der Waals surface area contributed by atoms with E-state index in [0.717, 1.165) is 16.8 Å². The molecule has 0 fully saturated rings. The number of rotatable bonds is 3. The van der Waals surface area contributed by atoms with Crippen LogP contribution in [0.1, 0.15) is 50.7 Å². The molecule has 1 aliphatic rings. The smallest absolute Gasteiger partial charge is 0.201 e. The lowest BCUT2D eigenvalue weighted by Crippen LogP contribution is -2.31. The Morgan fingerprint density at radius 2 is 1.95 bits per heavy atom. The van der Waals surface area contributed by atoms with Crippen LogP contribution in [0.5, 0.6) is 0 Å². The van der Waals surface area contributed by atoms with Gasteiger partial charge in [-0.15, -0.1) is 0 Å². The summed E-state index contributed by atoms with van der Waals surface area (Å²) in [5.74, 6) is -0.153. The minimum Gasteiger partial charge on any atom is -0.201 e. The topological polar surface area (TPSA) is 3.88 Å². The van der Waals surface area contributed by atoms with Crippen LogP contribution in [0.2, 0.25) is 0 Å². The van der Waals surface area contributed by atoms with Gasteiger partial charge in [0.2, 0.25) is 5.69 Å². The Hall–Kier alpha value is -1.63. The number of aromatic nitrogens is 1. The predicted octanol–water partition coefficient (Wildman–Crippen LogP) is 4.17. The molecule has 1 nitrogen and oxygen atoms in total. The first-order valence-corrected chi connectivity index (χ1v) is 7.43. The molecule has 1 aromatic heterocycles. The van der Waals surface area contributed by atoms with Gasteiger partial charge in [-0.3, -0.25) is 0 Å². The maximum Gasteiger partial charge on any atom is 0.212 e. The monoisotopic (exact) mass is 286 g/mol. The molecule has 110 valence electrons. The number of hydrogen-bond donors (Lipinski definition) is 0. The fourth-order valence-corrected chi connectivity index (χ4v) is 2.82. The number of aryl methyl sites for hydroxylation is 4. The van der Waals surface area contributed by atoms with Crippen molar-refractivity contribution in [3.8, 4) is 11.3 Å². The van der Waals surface area contributed by atoms with Crippen LogP contribution in [0.15, 0.2) is 30.5 Å². The highest BCUT2D eigenvalue weighted by molar-refractivity contribution is 5.64. The van der Waals surface area contributed by atoms with E-state index in [4.69, 9.17) is 8.22 Å². The summed E-state index contributed by atoms with van der Waals surface area (Å²) >= 11 is 0. The van der Waals surface area contributed by atoms with Gasteiger partial charge in [-0.25, -0.2) is 4.57 Å². The van der Waals surface area contributed by atoms with Crippen molar-refractivity contribution in [2.75, 3.05) is 0 Å². The summed E-state index contributed by atoms with van der Waals surface area (Å²) in [6.07, 6.45) is -3.18. The van der Waals surface area contributed by atoms with Crippen LogP contribution in [0.3, 0.4) is 0 Å². The molecule has 1 aromatic carbocycles. The lowest BCUT2D eigenvalue weighted by atomic mass is 9.97. The molecule has 21 heavy (non-hydrogen) atoms. The molecule has 0 aliphatic heterocycles. The highest BCUT2D eigenvalue weighted by Crippen LogP contribution is 2.30. The highest BCUT2D eigenvalue weighted by atomic mass is 14.9. The molecule has 1 heteroatoms. The molecule has 0 N–H and O–H groups in total. The van der Waals surface area contributed by atoms with Gasteiger partial charge in [0.05, 0.1) is 0 Å². The maximum absolute atomic E-state index is 8.29. The Morgan fingerprint density at radius 3 is 2.62 bits per heavy atom. The lowest BCUT2D eigenvalue weighted by Gasteiger charge is -2.10. The van der Waals surface area contributed by atoms with Gasteiger partial charge in [0, 0.05) is 25.4 Å². The van der Waals surface area contributed by atoms with E-state index >= 15 is 0 Å². The van der Waals surface area contributed by atoms with E-state index in [2.05, 4.69) is 0 Å². The summed E-state index contributed by atoms with van der Waals surface area (Å²) in [6.45, 7) is 5.62. The third-order valence-corrected chi connectivity index (χ3v) is 3.79. The standard InChI is InChI=1S/C20H26N/c1-14(2)10-16-8-9-20(21(4)13-16)19-12-18-7-5-6-17(18)11-15(19)3/h8-9,11-14H,5-7,10H2,1-4H3/q+1/i6D2,7D2,10D2. The van der Waals surface area contributed by atoms with Crippen LogP contribution in [-0.2, 0) is 26.2 Å². The minimum absolute atomic E-state index is 0.153. The van der Waals surface area contributed by atoms with Crippen LogP contribution in [0, 0.1) is 12.8 Å². The SMILES string of the molecule is [2H]C1([2H])CC([2H])([2H])c2cc(-c3ccc(C([2H])([2H])C(C)C)c[n+]3C)c(C)cc21. The molecule has 0 saturated carbocycles. The Labute approximate surface area is 137 Å². The largest absolute Gasteiger partial charge is 0.212 e. The molecule has 0 spiro atoms. The van der Waals surface area contributed by atoms with Crippen molar-refractivity contribution in [1.29, 1.82) is 0 Å². The summed E-state index contributed by atoms with van der Waals surface area (Å²) < 4.78 is 51.2. The van der Waals surface area contributed by atoms with Crippen LogP contribution in [-0.4, -0.2) is 0 Å². The van der Waals surface area contributed by atoms with Crippen LogP contribution < -0.4 is 4.57 Å². The Bertz CT molecular complexity index is 902. The second kappa shape index (κ2) is 5.63. The number of fused-ring (bicyclic) bond motifs is 1. The van der Waals surface area contributed by atoms with Crippen LogP contribution >= 0.6 is 0 Å². The lowest BCUT2D eigenvalue weighted by molar-refractivity contribution is -0.660. The fourth-order valence-electron chi connectivity index (χ4n) is 2.82. The average Bonchev–Trinajstić information content (AvgIpc) is 2.71. The molecular formula is C20H26N+. The van der Waals surface area contributed by atoms with E-state index in [-0.39, 0.29) is 12.3 Å².